The number of aliphatic carboxylic acids is 1. The molecule has 0 aliphatic carbocycles. The molecule has 2 aliphatic heterocycles. The van der Waals surface area contributed by atoms with Crippen LogP contribution in [0.4, 0.5) is 8.78 Å². The zero-order chi connectivity index (χ0) is 32.0. The predicted octanol–water partition coefficient (Wildman–Crippen LogP) is 6.68. The van der Waals surface area contributed by atoms with Gasteiger partial charge in [0.05, 0.1) is 23.6 Å². The molecule has 2 heterocycles. The van der Waals surface area contributed by atoms with E-state index in [-0.39, 0.29) is 36.0 Å². The molecule has 1 saturated heterocycles. The molecule has 0 radical (unpaired) electrons. The summed E-state index contributed by atoms with van der Waals surface area (Å²) in [7, 11) is 3.16. The standard InChI is InChI=1S/C33H34Cl2F2N2O5/c1-4-32(43,31(37)13-15-38(2)16-14-31)22-17-25-29(26(36)18-22)33(44-3,21-7-11-24(35)12-8-21)39(30(25)42)27(19-28(40)41)20-5-9-23(34)10-6-20/h5-12,17-18,27,43H,4,13-16,19H2,1-3H3,(H,40,41)/t27-,32?,33-/m1/s1. The lowest BCUT2D eigenvalue weighted by Gasteiger charge is -2.46. The molecule has 1 fully saturated rings. The average molecular weight is 648 g/mol. The summed E-state index contributed by atoms with van der Waals surface area (Å²) in [6.45, 7) is 2.43. The number of carboxylic acids is 1. The van der Waals surface area contributed by atoms with Crippen molar-refractivity contribution in [1.29, 1.82) is 0 Å². The van der Waals surface area contributed by atoms with Crippen molar-refractivity contribution in [2.75, 3.05) is 27.2 Å². The normalized spacial score (nSPS) is 22.0. The van der Waals surface area contributed by atoms with E-state index >= 15 is 8.78 Å². The number of aliphatic hydroxyl groups is 1. The van der Waals surface area contributed by atoms with Crippen LogP contribution in [0.2, 0.25) is 10.0 Å². The number of piperidine rings is 1. The van der Waals surface area contributed by atoms with Crippen molar-refractivity contribution in [3.63, 3.8) is 0 Å². The van der Waals surface area contributed by atoms with Gasteiger partial charge in [0.15, 0.2) is 5.72 Å². The van der Waals surface area contributed by atoms with Gasteiger partial charge in [0.25, 0.3) is 5.91 Å². The van der Waals surface area contributed by atoms with Crippen LogP contribution in [0.15, 0.2) is 60.7 Å². The number of carbonyl (C=O) groups excluding carboxylic acids is 1. The number of halogens is 4. The molecular weight excluding hydrogens is 613 g/mol. The van der Waals surface area contributed by atoms with Gasteiger partial charge < -0.3 is 19.8 Å². The van der Waals surface area contributed by atoms with Gasteiger partial charge in [-0.1, -0.05) is 54.4 Å². The first-order valence-corrected chi connectivity index (χ1v) is 15.1. The second kappa shape index (κ2) is 12.0. The van der Waals surface area contributed by atoms with Crippen molar-refractivity contribution in [2.24, 2.45) is 0 Å². The third-order valence-corrected chi connectivity index (χ3v) is 9.70. The molecule has 1 amide bonds. The maximum Gasteiger partial charge on any atom is 0.305 e. The van der Waals surface area contributed by atoms with Gasteiger partial charge in [-0.15, -0.1) is 0 Å². The third kappa shape index (κ3) is 5.18. The number of fused-ring (bicyclic) bond motifs is 1. The maximum absolute atomic E-state index is 16.7. The minimum atomic E-state index is -2.09. The van der Waals surface area contributed by atoms with Crippen LogP contribution in [0.25, 0.3) is 0 Å². The number of rotatable bonds is 9. The van der Waals surface area contributed by atoms with E-state index in [0.717, 1.165) is 6.07 Å². The number of nitrogens with zero attached hydrogens (tertiary/aromatic N) is 2. The molecule has 2 N–H and O–H groups in total. The number of benzene rings is 3. The Hall–Kier alpha value is -3.08. The van der Waals surface area contributed by atoms with Crippen molar-refractivity contribution in [2.45, 2.75) is 55.6 Å². The first kappa shape index (κ1) is 32.3. The van der Waals surface area contributed by atoms with Crippen LogP contribution in [-0.2, 0) is 20.9 Å². The molecule has 0 aromatic heterocycles. The van der Waals surface area contributed by atoms with Crippen molar-refractivity contribution in [1.82, 2.24) is 9.80 Å². The lowest BCUT2D eigenvalue weighted by molar-refractivity contribution is -0.142. The second-order valence-corrected chi connectivity index (χ2v) is 12.4. The largest absolute Gasteiger partial charge is 0.481 e. The van der Waals surface area contributed by atoms with Crippen LogP contribution in [0, 0.1) is 5.82 Å². The topological polar surface area (TPSA) is 90.3 Å². The van der Waals surface area contributed by atoms with E-state index < -0.39 is 47.2 Å². The van der Waals surface area contributed by atoms with Crippen molar-refractivity contribution >= 4 is 35.1 Å². The van der Waals surface area contributed by atoms with Crippen molar-refractivity contribution < 1.29 is 33.3 Å². The monoisotopic (exact) mass is 646 g/mol. The molecule has 234 valence electrons. The number of hydrogen-bond acceptors (Lipinski definition) is 5. The Balaban J connectivity index is 1.77. The quantitative estimate of drug-likeness (QED) is 0.269. The highest BCUT2D eigenvalue weighted by molar-refractivity contribution is 6.30. The summed E-state index contributed by atoms with van der Waals surface area (Å²) in [6, 6.07) is 13.8. The van der Waals surface area contributed by atoms with E-state index in [1.54, 1.807) is 55.5 Å². The van der Waals surface area contributed by atoms with Gasteiger partial charge in [-0.2, -0.15) is 0 Å². The van der Waals surface area contributed by atoms with Crippen LogP contribution < -0.4 is 0 Å². The number of hydrogen-bond donors (Lipinski definition) is 2. The lowest BCUT2D eigenvalue weighted by atomic mass is 9.71. The lowest BCUT2D eigenvalue weighted by Crippen LogP contribution is -2.54. The Morgan fingerprint density at radius 3 is 2.16 bits per heavy atom. The summed E-state index contributed by atoms with van der Waals surface area (Å²) in [6.07, 6.45) is -0.565. The first-order chi connectivity index (χ1) is 20.8. The van der Waals surface area contributed by atoms with E-state index in [1.165, 1.54) is 18.1 Å². The van der Waals surface area contributed by atoms with Gasteiger partial charge >= 0.3 is 5.97 Å². The van der Waals surface area contributed by atoms with Crippen LogP contribution in [-0.4, -0.2) is 64.8 Å². The first-order valence-electron chi connectivity index (χ1n) is 14.4. The van der Waals surface area contributed by atoms with Crippen LogP contribution in [0.3, 0.4) is 0 Å². The summed E-state index contributed by atoms with van der Waals surface area (Å²) in [5.41, 5.74) is -5.76. The van der Waals surface area contributed by atoms with Crippen LogP contribution in [0.1, 0.15) is 71.3 Å². The molecule has 0 spiro atoms. The fraction of sp³-hybridized carbons (Fsp3) is 0.394. The molecule has 3 aromatic carbocycles. The number of amides is 1. The Labute approximate surface area is 264 Å². The van der Waals surface area contributed by atoms with Crippen molar-refractivity contribution in [3.8, 4) is 0 Å². The molecular formula is C33H34Cl2F2N2O5. The minimum Gasteiger partial charge on any atom is -0.481 e. The average Bonchev–Trinajstić information content (AvgIpc) is 3.26. The molecule has 44 heavy (non-hydrogen) atoms. The van der Waals surface area contributed by atoms with Gasteiger partial charge in [-0.05, 0) is 73.8 Å². The van der Waals surface area contributed by atoms with Gasteiger partial charge in [0.2, 0.25) is 0 Å². The Kier molecular flexibility index (Phi) is 8.83. The number of ether oxygens (including phenoxy) is 1. The summed E-state index contributed by atoms with van der Waals surface area (Å²) >= 11 is 12.3. The van der Waals surface area contributed by atoms with E-state index in [9.17, 15) is 19.8 Å². The summed E-state index contributed by atoms with van der Waals surface area (Å²) < 4.78 is 39.3. The molecule has 3 aromatic rings. The number of alkyl halides is 1. The zero-order valence-electron chi connectivity index (χ0n) is 24.6. The number of carboxylic acid groups (broad SMARTS) is 1. The number of carbonyl (C=O) groups is 2. The zero-order valence-corrected chi connectivity index (χ0v) is 26.1. The van der Waals surface area contributed by atoms with Gasteiger partial charge in [-0.3, -0.25) is 14.5 Å². The Morgan fingerprint density at radius 1 is 1.07 bits per heavy atom. The molecule has 5 rings (SSSR count). The van der Waals surface area contributed by atoms with E-state index in [0.29, 0.717) is 34.3 Å². The van der Waals surface area contributed by atoms with E-state index in [2.05, 4.69) is 0 Å². The Bertz CT molecular complexity index is 1560. The summed E-state index contributed by atoms with van der Waals surface area (Å²) in [4.78, 5) is 29.9. The van der Waals surface area contributed by atoms with Gasteiger partial charge in [0.1, 0.15) is 17.1 Å². The highest BCUT2D eigenvalue weighted by Crippen LogP contribution is 2.53. The molecule has 0 bridgehead atoms. The fourth-order valence-electron chi connectivity index (χ4n) is 6.76. The molecule has 0 saturated carbocycles. The molecule has 7 nitrogen and oxygen atoms in total. The highest BCUT2D eigenvalue weighted by Gasteiger charge is 2.58. The second-order valence-electron chi connectivity index (χ2n) is 11.6. The van der Waals surface area contributed by atoms with Crippen LogP contribution >= 0.6 is 23.2 Å². The number of likely N-dealkylation sites (tertiary alicyclic amines) is 1. The fourth-order valence-corrected chi connectivity index (χ4v) is 7.02. The number of methoxy groups -OCH3 is 1. The Morgan fingerprint density at radius 2 is 1.64 bits per heavy atom. The molecule has 1 unspecified atom stereocenters. The smallest absolute Gasteiger partial charge is 0.305 e. The molecule has 2 aliphatic rings. The molecule has 11 heteroatoms. The van der Waals surface area contributed by atoms with Crippen LogP contribution in [0.5, 0.6) is 0 Å². The van der Waals surface area contributed by atoms with E-state index in [4.69, 9.17) is 27.9 Å². The minimum absolute atomic E-state index is 0.0245. The third-order valence-electron chi connectivity index (χ3n) is 9.19. The maximum atomic E-state index is 16.7. The van der Waals surface area contributed by atoms with Crippen molar-refractivity contribution in [3.05, 3.63) is 104 Å². The predicted molar refractivity (Wildman–Crippen MR) is 163 cm³/mol. The molecule has 3 atom stereocenters. The van der Waals surface area contributed by atoms with Gasteiger partial charge in [0, 0.05) is 35.8 Å². The van der Waals surface area contributed by atoms with E-state index in [1.807, 2.05) is 11.9 Å². The highest BCUT2D eigenvalue weighted by atomic mass is 35.5. The summed E-state index contributed by atoms with van der Waals surface area (Å²) in [5.74, 6) is -2.86. The summed E-state index contributed by atoms with van der Waals surface area (Å²) in [5, 5.41) is 22.7. The van der Waals surface area contributed by atoms with Gasteiger partial charge in [-0.25, -0.2) is 8.78 Å². The SMILES string of the molecule is CCC(O)(c1cc(F)c2c(c1)C(=O)N([C@H](CC(=O)O)c1ccc(Cl)cc1)[C@@]2(OC)c1ccc(Cl)cc1)C1(F)CCN(C)CC1.